The minimum Gasteiger partial charge on any atom is -0.495 e. The van der Waals surface area contributed by atoms with E-state index in [9.17, 15) is 0 Å². The highest BCUT2D eigenvalue weighted by Gasteiger charge is 2.11. The molecule has 0 radical (unpaired) electrons. The first kappa shape index (κ1) is 19.0. The van der Waals surface area contributed by atoms with Crippen LogP contribution >= 0.6 is 11.6 Å². The maximum absolute atomic E-state index is 6.22. The highest BCUT2D eigenvalue weighted by molar-refractivity contribution is 6.32. The van der Waals surface area contributed by atoms with Crippen LogP contribution in [0.5, 0.6) is 5.75 Å². The predicted molar refractivity (Wildman–Crippen MR) is 111 cm³/mol. The van der Waals surface area contributed by atoms with E-state index in [0.29, 0.717) is 16.6 Å². The Morgan fingerprint density at radius 2 is 1.85 bits per heavy atom. The van der Waals surface area contributed by atoms with Crippen molar-refractivity contribution in [1.29, 1.82) is 0 Å². The number of ether oxygens (including phenoxy) is 1. The maximum Gasteiger partial charge on any atom is 0.137 e. The van der Waals surface area contributed by atoms with E-state index in [0.717, 1.165) is 30.4 Å². The molecule has 0 aliphatic rings. The minimum atomic E-state index is 0.549. The molecular weight excluding hydrogens is 360 g/mol. The maximum atomic E-state index is 6.22. The summed E-state index contributed by atoms with van der Waals surface area (Å²) in [6, 6.07) is 17.9. The molecule has 140 valence electrons. The Labute approximate surface area is 165 Å². The third-order valence-electron chi connectivity index (χ3n) is 4.17. The van der Waals surface area contributed by atoms with Gasteiger partial charge in [-0.15, -0.1) is 0 Å². The summed E-state index contributed by atoms with van der Waals surface area (Å²) < 4.78 is 5.20. The average molecular weight is 383 g/mol. The predicted octanol–water partition coefficient (Wildman–Crippen LogP) is 5.22. The summed E-state index contributed by atoms with van der Waals surface area (Å²) in [4.78, 5) is 11.3. The van der Waals surface area contributed by atoms with Crippen LogP contribution in [0.15, 0.2) is 54.6 Å². The van der Waals surface area contributed by atoms with Crippen LogP contribution < -0.4 is 15.0 Å². The molecule has 0 spiro atoms. The Morgan fingerprint density at radius 1 is 1.07 bits per heavy atom. The average Bonchev–Trinajstić information content (AvgIpc) is 2.66. The molecule has 0 aliphatic heterocycles. The molecule has 0 saturated carbocycles. The summed E-state index contributed by atoms with van der Waals surface area (Å²) in [7, 11) is 1.60. The number of rotatable bonds is 7. The van der Waals surface area contributed by atoms with E-state index in [1.807, 2.05) is 37.3 Å². The highest BCUT2D eigenvalue weighted by atomic mass is 35.5. The lowest BCUT2D eigenvalue weighted by Crippen LogP contribution is -2.23. The molecule has 1 aromatic heterocycles. The topological polar surface area (TPSA) is 50.3 Å². The summed E-state index contributed by atoms with van der Waals surface area (Å²) in [5, 5.41) is 3.85. The van der Waals surface area contributed by atoms with E-state index < -0.39 is 0 Å². The zero-order valence-corrected chi connectivity index (χ0v) is 16.5. The number of hydrogen-bond acceptors (Lipinski definition) is 5. The Morgan fingerprint density at radius 3 is 2.52 bits per heavy atom. The van der Waals surface area contributed by atoms with Gasteiger partial charge in [-0.1, -0.05) is 41.9 Å². The van der Waals surface area contributed by atoms with Gasteiger partial charge in [-0.25, -0.2) is 9.97 Å². The normalized spacial score (nSPS) is 10.5. The van der Waals surface area contributed by atoms with Crippen molar-refractivity contribution in [3.8, 4) is 5.75 Å². The van der Waals surface area contributed by atoms with Gasteiger partial charge in [0.25, 0.3) is 0 Å². The number of halogens is 1. The van der Waals surface area contributed by atoms with Crippen molar-refractivity contribution >= 4 is 28.9 Å². The zero-order valence-electron chi connectivity index (χ0n) is 15.7. The van der Waals surface area contributed by atoms with Crippen molar-refractivity contribution in [1.82, 2.24) is 9.97 Å². The fourth-order valence-electron chi connectivity index (χ4n) is 2.83. The monoisotopic (exact) mass is 382 g/mol. The summed E-state index contributed by atoms with van der Waals surface area (Å²) in [6.07, 6.45) is 0. The second-order valence-electron chi connectivity index (χ2n) is 6.13. The molecule has 3 rings (SSSR count). The number of benzene rings is 2. The minimum absolute atomic E-state index is 0.549. The molecular formula is C21H23ClN4O. The number of aryl methyl sites for hydroxylation is 1. The largest absolute Gasteiger partial charge is 0.495 e. The molecule has 0 saturated heterocycles. The van der Waals surface area contributed by atoms with E-state index in [1.54, 1.807) is 7.11 Å². The number of anilines is 3. The number of hydrogen-bond donors (Lipinski definition) is 1. The van der Waals surface area contributed by atoms with Crippen molar-refractivity contribution in [2.75, 3.05) is 23.9 Å². The summed E-state index contributed by atoms with van der Waals surface area (Å²) >= 11 is 6.22. The molecule has 2 aromatic carbocycles. The molecule has 0 fully saturated rings. The van der Waals surface area contributed by atoms with Crippen molar-refractivity contribution in [2.24, 2.45) is 0 Å². The lowest BCUT2D eigenvalue weighted by atomic mass is 10.2. The summed E-state index contributed by atoms with van der Waals surface area (Å²) in [5.41, 5.74) is 2.09. The van der Waals surface area contributed by atoms with Gasteiger partial charge in [0.05, 0.1) is 12.1 Å². The van der Waals surface area contributed by atoms with Crippen LogP contribution in [0.4, 0.5) is 17.3 Å². The van der Waals surface area contributed by atoms with Crippen LogP contribution in [0, 0.1) is 6.92 Å². The van der Waals surface area contributed by atoms with Gasteiger partial charge in [-0.3, -0.25) is 0 Å². The molecule has 0 aliphatic carbocycles. The van der Waals surface area contributed by atoms with E-state index in [4.69, 9.17) is 16.3 Å². The van der Waals surface area contributed by atoms with Crippen molar-refractivity contribution in [3.63, 3.8) is 0 Å². The van der Waals surface area contributed by atoms with E-state index in [-0.39, 0.29) is 0 Å². The van der Waals surface area contributed by atoms with Crippen molar-refractivity contribution in [2.45, 2.75) is 20.4 Å². The zero-order chi connectivity index (χ0) is 19.2. The Balaban J connectivity index is 1.83. The van der Waals surface area contributed by atoms with Crippen molar-refractivity contribution in [3.05, 3.63) is 71.0 Å². The molecule has 3 aromatic rings. The van der Waals surface area contributed by atoms with Crippen LogP contribution in [0.1, 0.15) is 18.3 Å². The van der Waals surface area contributed by atoms with Gasteiger partial charge in [0, 0.05) is 24.8 Å². The number of nitrogens with zero attached hydrogens (tertiary/aromatic N) is 3. The first-order valence-electron chi connectivity index (χ1n) is 8.84. The number of nitrogens with one attached hydrogen (secondary N) is 1. The van der Waals surface area contributed by atoms with Crippen LogP contribution in [-0.4, -0.2) is 23.6 Å². The van der Waals surface area contributed by atoms with Gasteiger partial charge in [0.15, 0.2) is 0 Å². The van der Waals surface area contributed by atoms with Gasteiger partial charge >= 0.3 is 0 Å². The second kappa shape index (κ2) is 8.73. The highest BCUT2D eigenvalue weighted by Crippen LogP contribution is 2.29. The fraction of sp³-hybridized carbons (Fsp3) is 0.238. The van der Waals surface area contributed by atoms with Crippen LogP contribution in [-0.2, 0) is 6.54 Å². The van der Waals surface area contributed by atoms with Gasteiger partial charge in [0.1, 0.15) is 23.2 Å². The number of methoxy groups -OCH3 is 1. The SMILES string of the molecule is CCN(Cc1ccccc1)c1cc(Nc2ccc(OC)c(Cl)c2)nc(C)n1. The second-order valence-corrected chi connectivity index (χ2v) is 6.54. The molecule has 27 heavy (non-hydrogen) atoms. The molecule has 5 nitrogen and oxygen atoms in total. The molecule has 0 amide bonds. The fourth-order valence-corrected chi connectivity index (χ4v) is 3.09. The van der Waals surface area contributed by atoms with Crippen LogP contribution in [0.25, 0.3) is 0 Å². The van der Waals surface area contributed by atoms with Gasteiger partial charge < -0.3 is 15.0 Å². The molecule has 0 atom stereocenters. The van der Waals surface area contributed by atoms with E-state index in [2.05, 4.69) is 51.4 Å². The smallest absolute Gasteiger partial charge is 0.137 e. The molecule has 1 heterocycles. The van der Waals surface area contributed by atoms with Gasteiger partial charge in [0.2, 0.25) is 0 Å². The summed E-state index contributed by atoms with van der Waals surface area (Å²) in [6.45, 7) is 5.66. The standard InChI is InChI=1S/C21H23ClN4O/c1-4-26(14-16-8-6-5-7-9-16)21-13-20(23-15(2)24-21)25-17-10-11-19(27-3)18(22)12-17/h5-13H,4,14H2,1-3H3,(H,23,24,25). The molecule has 0 unspecified atom stereocenters. The Kier molecular flexibility index (Phi) is 6.14. The first-order valence-corrected chi connectivity index (χ1v) is 9.22. The lowest BCUT2D eigenvalue weighted by molar-refractivity contribution is 0.415. The summed E-state index contributed by atoms with van der Waals surface area (Å²) in [5.74, 6) is 2.96. The Bertz CT molecular complexity index is 902. The Hall–Kier alpha value is -2.79. The molecule has 0 bridgehead atoms. The molecule has 6 heteroatoms. The quantitative estimate of drug-likeness (QED) is 0.607. The van der Waals surface area contributed by atoms with Crippen molar-refractivity contribution < 1.29 is 4.74 Å². The van der Waals surface area contributed by atoms with E-state index in [1.165, 1.54) is 5.56 Å². The van der Waals surface area contributed by atoms with Crippen LogP contribution in [0.2, 0.25) is 5.02 Å². The third kappa shape index (κ3) is 4.89. The van der Waals surface area contributed by atoms with E-state index >= 15 is 0 Å². The molecule has 1 N–H and O–H groups in total. The number of aromatic nitrogens is 2. The lowest BCUT2D eigenvalue weighted by Gasteiger charge is -2.23. The van der Waals surface area contributed by atoms with Gasteiger partial charge in [-0.2, -0.15) is 0 Å². The third-order valence-corrected chi connectivity index (χ3v) is 4.47. The first-order chi connectivity index (χ1) is 13.1. The van der Waals surface area contributed by atoms with Crippen LogP contribution in [0.3, 0.4) is 0 Å². The van der Waals surface area contributed by atoms with Gasteiger partial charge in [-0.05, 0) is 37.6 Å².